The first-order valence-corrected chi connectivity index (χ1v) is 14.8. The van der Waals surface area contributed by atoms with E-state index >= 15 is 0 Å². The summed E-state index contributed by atoms with van der Waals surface area (Å²) in [5.41, 5.74) is 3.90. The molecule has 0 saturated heterocycles. The molecule has 1 N–H and O–H groups in total. The zero-order chi connectivity index (χ0) is 25.6. The van der Waals surface area contributed by atoms with Crippen LogP contribution < -0.4 is 19.5 Å². The molecular weight excluding hydrogens is 590 g/mol. The molecule has 0 atom stereocenters. The van der Waals surface area contributed by atoms with E-state index in [0.717, 1.165) is 41.8 Å². The van der Waals surface area contributed by atoms with Gasteiger partial charge >= 0.3 is 0 Å². The third-order valence-electron chi connectivity index (χ3n) is 5.52. The number of anilines is 2. The first-order valence-electron chi connectivity index (χ1n) is 11.4. The monoisotopic (exact) mass is 611 g/mol. The number of hydrogen-bond acceptors (Lipinski definition) is 9. The molecule has 0 aliphatic carbocycles. The Labute approximate surface area is 235 Å². The molecule has 10 heteroatoms. The average molecular weight is 613 g/mol. The first kappa shape index (κ1) is 25.6. The van der Waals surface area contributed by atoms with Crippen molar-refractivity contribution in [3.05, 3.63) is 80.7 Å². The second-order valence-corrected chi connectivity index (χ2v) is 11.6. The van der Waals surface area contributed by atoms with Gasteiger partial charge in [-0.05, 0) is 48.0 Å². The quantitative estimate of drug-likeness (QED) is 0.0964. The molecule has 2 heterocycles. The lowest BCUT2D eigenvalue weighted by Crippen LogP contribution is -2.06. The fourth-order valence-corrected chi connectivity index (χ4v) is 6.32. The second-order valence-electron chi connectivity index (χ2n) is 7.95. The van der Waals surface area contributed by atoms with Crippen LogP contribution in [0.5, 0.6) is 17.2 Å². The van der Waals surface area contributed by atoms with E-state index in [2.05, 4.69) is 36.6 Å². The highest BCUT2D eigenvalue weighted by atomic mass is 79.9. The molecule has 0 unspecified atom stereocenters. The van der Waals surface area contributed by atoms with Crippen LogP contribution in [0.1, 0.15) is 6.42 Å². The van der Waals surface area contributed by atoms with E-state index in [1.54, 1.807) is 27.8 Å². The number of methoxy groups -OCH3 is 1. The van der Waals surface area contributed by atoms with Gasteiger partial charge in [-0.3, -0.25) is 0 Å². The summed E-state index contributed by atoms with van der Waals surface area (Å²) in [6, 6.07) is 19.7. The summed E-state index contributed by atoms with van der Waals surface area (Å²) < 4.78 is 19.4. The van der Waals surface area contributed by atoms with Crippen molar-refractivity contribution in [2.24, 2.45) is 0 Å². The van der Waals surface area contributed by atoms with Crippen molar-refractivity contribution in [1.29, 1.82) is 0 Å². The summed E-state index contributed by atoms with van der Waals surface area (Å²) >= 11 is 8.84. The standard InChI is InChI=1S/C27H22BrN3O3S3/c1-32-24-13-21-23(29-16-30-26(21)31-19-7-5-18(28)6-8-19)14-25(24)34-12-2-11-33-20-9-3-17(4-10-20)22-15-36-37-27(22)35/h3-10,13-16H,2,11-12H2,1H3,(H,29,30,31). The molecule has 0 aliphatic heterocycles. The second kappa shape index (κ2) is 12.0. The van der Waals surface area contributed by atoms with Crippen molar-refractivity contribution in [2.45, 2.75) is 6.42 Å². The van der Waals surface area contributed by atoms with Gasteiger partial charge in [-0.2, -0.15) is 0 Å². The Bertz CT molecular complexity index is 1550. The van der Waals surface area contributed by atoms with Gasteiger partial charge in [0.2, 0.25) is 0 Å². The average Bonchev–Trinajstić information content (AvgIpc) is 3.35. The van der Waals surface area contributed by atoms with Crippen LogP contribution >= 0.6 is 48.8 Å². The highest BCUT2D eigenvalue weighted by Gasteiger charge is 2.12. The molecule has 3 aromatic carbocycles. The summed E-state index contributed by atoms with van der Waals surface area (Å²) in [7, 11) is 4.90. The van der Waals surface area contributed by atoms with Crippen molar-refractivity contribution in [3.63, 3.8) is 0 Å². The third-order valence-corrected chi connectivity index (χ3v) is 8.71. The van der Waals surface area contributed by atoms with E-state index in [1.165, 1.54) is 6.33 Å². The van der Waals surface area contributed by atoms with Crippen molar-refractivity contribution < 1.29 is 14.2 Å². The van der Waals surface area contributed by atoms with E-state index in [0.29, 0.717) is 37.0 Å². The molecule has 0 saturated carbocycles. The van der Waals surface area contributed by atoms with Gasteiger partial charge in [-0.25, -0.2) is 9.97 Å². The largest absolute Gasteiger partial charge is 0.493 e. The minimum atomic E-state index is 0.477. The number of benzene rings is 3. The Kier molecular flexibility index (Phi) is 8.30. The smallest absolute Gasteiger partial charge is 0.163 e. The highest BCUT2D eigenvalue weighted by molar-refractivity contribution is 9.10. The first-order chi connectivity index (χ1) is 18.1. The van der Waals surface area contributed by atoms with Crippen LogP contribution in [0.4, 0.5) is 11.5 Å². The van der Waals surface area contributed by atoms with Crippen LogP contribution in [0.2, 0.25) is 0 Å². The Morgan fingerprint density at radius 3 is 2.46 bits per heavy atom. The zero-order valence-corrected chi connectivity index (χ0v) is 23.8. The van der Waals surface area contributed by atoms with Crippen LogP contribution in [0.15, 0.2) is 76.8 Å². The van der Waals surface area contributed by atoms with Gasteiger partial charge in [-0.15, -0.1) is 0 Å². The summed E-state index contributed by atoms with van der Waals surface area (Å²) in [6.07, 6.45) is 2.25. The van der Waals surface area contributed by atoms with Crippen molar-refractivity contribution in [1.82, 2.24) is 9.97 Å². The van der Waals surface area contributed by atoms with Crippen LogP contribution in [-0.2, 0) is 0 Å². The van der Waals surface area contributed by atoms with E-state index in [-0.39, 0.29) is 0 Å². The molecule has 0 fully saturated rings. The predicted octanol–water partition coefficient (Wildman–Crippen LogP) is 8.51. The van der Waals surface area contributed by atoms with E-state index in [4.69, 9.17) is 26.4 Å². The van der Waals surface area contributed by atoms with E-state index < -0.39 is 0 Å². The van der Waals surface area contributed by atoms with Crippen LogP contribution in [0, 0.1) is 3.82 Å². The molecule has 0 spiro atoms. The molecular formula is C27H22BrN3O3S3. The Morgan fingerprint density at radius 2 is 1.73 bits per heavy atom. The minimum Gasteiger partial charge on any atom is -0.493 e. The Morgan fingerprint density at radius 1 is 0.946 bits per heavy atom. The fourth-order valence-electron chi connectivity index (χ4n) is 3.66. The zero-order valence-electron chi connectivity index (χ0n) is 19.8. The molecule has 0 bridgehead atoms. The van der Waals surface area contributed by atoms with Gasteiger partial charge in [-0.1, -0.05) is 61.0 Å². The predicted molar refractivity (Wildman–Crippen MR) is 158 cm³/mol. The number of ether oxygens (including phenoxy) is 3. The molecule has 5 rings (SSSR count). The summed E-state index contributed by atoms with van der Waals surface area (Å²) in [4.78, 5) is 8.84. The van der Waals surface area contributed by atoms with Gasteiger partial charge in [0.25, 0.3) is 0 Å². The number of aromatic nitrogens is 2. The van der Waals surface area contributed by atoms with Crippen molar-refractivity contribution in [3.8, 4) is 28.4 Å². The lowest BCUT2D eigenvalue weighted by molar-refractivity contribution is 0.240. The van der Waals surface area contributed by atoms with Gasteiger partial charge in [0.05, 0.1) is 25.8 Å². The SMILES string of the molecule is COc1cc2c(Nc3ccc(Br)cc3)ncnc2cc1OCCCOc1ccc(-c2cssc2=S)cc1. The lowest BCUT2D eigenvalue weighted by atomic mass is 10.1. The van der Waals surface area contributed by atoms with Gasteiger partial charge < -0.3 is 19.5 Å². The number of hydrogen-bond donors (Lipinski definition) is 1. The molecule has 5 aromatic rings. The number of nitrogens with one attached hydrogen (secondary N) is 1. The van der Waals surface area contributed by atoms with Crippen molar-refractivity contribution >= 4 is 71.2 Å². The topological polar surface area (TPSA) is 65.5 Å². The third kappa shape index (κ3) is 6.27. The van der Waals surface area contributed by atoms with Crippen molar-refractivity contribution in [2.75, 3.05) is 25.6 Å². The summed E-state index contributed by atoms with van der Waals surface area (Å²) in [5.74, 6) is 2.76. The van der Waals surface area contributed by atoms with Crippen LogP contribution in [-0.4, -0.2) is 30.3 Å². The number of halogens is 1. The fraction of sp³-hybridized carbons (Fsp3) is 0.148. The molecule has 0 amide bonds. The Hall–Kier alpha value is -3.05. The summed E-state index contributed by atoms with van der Waals surface area (Å²) in [5, 5.41) is 6.28. The van der Waals surface area contributed by atoms with E-state index in [1.807, 2.05) is 60.7 Å². The van der Waals surface area contributed by atoms with E-state index in [9.17, 15) is 0 Å². The molecule has 37 heavy (non-hydrogen) atoms. The molecule has 188 valence electrons. The maximum Gasteiger partial charge on any atom is 0.163 e. The minimum absolute atomic E-state index is 0.477. The lowest BCUT2D eigenvalue weighted by Gasteiger charge is -2.14. The number of rotatable bonds is 10. The Balaban J connectivity index is 1.19. The highest BCUT2D eigenvalue weighted by Crippen LogP contribution is 2.35. The maximum absolute atomic E-state index is 6.03. The molecule has 2 aromatic heterocycles. The molecule has 6 nitrogen and oxygen atoms in total. The molecule has 0 radical (unpaired) electrons. The summed E-state index contributed by atoms with van der Waals surface area (Å²) in [6.45, 7) is 1.01. The number of nitrogens with zero attached hydrogens (tertiary/aromatic N) is 2. The number of fused-ring (bicyclic) bond motifs is 1. The van der Waals surface area contributed by atoms with Crippen LogP contribution in [0.25, 0.3) is 22.0 Å². The van der Waals surface area contributed by atoms with Crippen LogP contribution in [0.3, 0.4) is 0 Å². The van der Waals surface area contributed by atoms with Gasteiger partial charge in [0, 0.05) is 39.0 Å². The molecule has 0 aliphatic rings. The normalized spacial score (nSPS) is 10.9. The van der Waals surface area contributed by atoms with Gasteiger partial charge in [0.15, 0.2) is 11.5 Å². The maximum atomic E-state index is 6.03. The van der Waals surface area contributed by atoms with Gasteiger partial charge in [0.1, 0.15) is 21.7 Å².